The second-order valence-corrected chi connectivity index (χ2v) is 9.48. The molecule has 1 saturated carbocycles. The maximum absolute atomic E-state index is 13.2. The Morgan fingerprint density at radius 1 is 1.05 bits per heavy atom. The van der Waals surface area contributed by atoms with Gasteiger partial charge < -0.3 is 25.5 Å². The number of nitrogens with one attached hydrogen (secondary N) is 3. The van der Waals surface area contributed by atoms with Gasteiger partial charge in [-0.15, -0.1) is 0 Å². The van der Waals surface area contributed by atoms with Crippen LogP contribution in [0.1, 0.15) is 41.6 Å². The number of methoxy groups -OCH3 is 1. The molecule has 0 unspecified atom stereocenters. The average Bonchev–Trinajstić information content (AvgIpc) is 3.33. The first-order chi connectivity index (χ1) is 17.9. The number of fused-ring (bicyclic) bond motifs is 1. The monoisotopic (exact) mass is 519 g/mol. The summed E-state index contributed by atoms with van der Waals surface area (Å²) in [6.45, 7) is 0. The fourth-order valence-electron chi connectivity index (χ4n) is 4.74. The van der Waals surface area contributed by atoms with Crippen LogP contribution in [0.25, 0.3) is 22.2 Å². The molecule has 1 aromatic carbocycles. The molecule has 1 aliphatic carbocycles. The average molecular weight is 520 g/mol. The predicted molar refractivity (Wildman–Crippen MR) is 142 cm³/mol. The largest absolute Gasteiger partial charge is 0.497 e. The van der Waals surface area contributed by atoms with E-state index in [9.17, 15) is 9.59 Å². The predicted octanol–water partition coefficient (Wildman–Crippen LogP) is 5.51. The number of hydrogen-bond donors (Lipinski definition) is 4. The van der Waals surface area contributed by atoms with Crippen molar-refractivity contribution in [1.29, 1.82) is 0 Å². The van der Waals surface area contributed by atoms with E-state index in [1.165, 1.54) is 0 Å². The third-order valence-electron chi connectivity index (χ3n) is 6.70. The van der Waals surface area contributed by atoms with E-state index in [1.807, 2.05) is 12.1 Å². The lowest BCUT2D eigenvalue weighted by atomic mass is 9.91. The van der Waals surface area contributed by atoms with Crippen molar-refractivity contribution < 1.29 is 19.4 Å². The molecule has 1 fully saturated rings. The van der Waals surface area contributed by atoms with Gasteiger partial charge in [0, 0.05) is 58.3 Å². The highest BCUT2D eigenvalue weighted by Gasteiger charge is 2.23. The number of benzene rings is 1. The number of H-pyrrole nitrogens is 1. The van der Waals surface area contributed by atoms with Gasteiger partial charge in [-0.05, 0) is 62.1 Å². The van der Waals surface area contributed by atoms with Crippen LogP contribution in [0.5, 0.6) is 5.75 Å². The van der Waals surface area contributed by atoms with E-state index in [2.05, 4.69) is 25.6 Å². The van der Waals surface area contributed by atoms with E-state index in [0.717, 1.165) is 36.8 Å². The number of ether oxygens (including phenoxy) is 1. The van der Waals surface area contributed by atoms with Crippen LogP contribution in [-0.2, 0) is 0 Å². The van der Waals surface area contributed by atoms with Crippen molar-refractivity contribution in [2.75, 3.05) is 12.4 Å². The molecule has 3 aromatic heterocycles. The topological polar surface area (TPSA) is 129 Å². The standard InChI is InChI=1S/C27H26ClN5O4/c1-37-19-8-2-15(3-9-19)25(34)22-13-31-26-21(22)10-16(12-30-26)20-11-24(29-14-23(20)28)32-17-4-6-18(7-5-17)33-27(35)36/h2-3,8-14,17-18,33H,4-7H2,1H3,(H,29,32)(H,30,31)(H,35,36)/t17-,18-. The van der Waals surface area contributed by atoms with Gasteiger partial charge in [0.2, 0.25) is 0 Å². The number of halogens is 1. The minimum Gasteiger partial charge on any atom is -0.497 e. The van der Waals surface area contributed by atoms with Gasteiger partial charge in [-0.25, -0.2) is 14.8 Å². The van der Waals surface area contributed by atoms with Crippen molar-refractivity contribution in [2.45, 2.75) is 37.8 Å². The maximum Gasteiger partial charge on any atom is 0.404 e. The molecule has 37 heavy (non-hydrogen) atoms. The number of rotatable bonds is 7. The van der Waals surface area contributed by atoms with E-state index in [0.29, 0.717) is 38.8 Å². The Kier molecular flexibility index (Phi) is 6.96. The van der Waals surface area contributed by atoms with Gasteiger partial charge in [-0.1, -0.05) is 11.6 Å². The quantitative estimate of drug-likeness (QED) is 0.237. The van der Waals surface area contributed by atoms with Gasteiger partial charge in [0.15, 0.2) is 5.78 Å². The van der Waals surface area contributed by atoms with E-state index in [-0.39, 0.29) is 17.9 Å². The molecule has 0 saturated heterocycles. The Bertz CT molecular complexity index is 1450. The molecule has 3 heterocycles. The van der Waals surface area contributed by atoms with Gasteiger partial charge in [0.1, 0.15) is 17.2 Å². The zero-order valence-electron chi connectivity index (χ0n) is 20.1. The molecular weight excluding hydrogens is 494 g/mol. The van der Waals surface area contributed by atoms with Gasteiger partial charge in [0.25, 0.3) is 0 Å². The second-order valence-electron chi connectivity index (χ2n) is 9.07. The third kappa shape index (κ3) is 5.36. The molecule has 0 atom stereocenters. The van der Waals surface area contributed by atoms with Gasteiger partial charge in [-0.3, -0.25) is 4.79 Å². The number of pyridine rings is 2. The summed E-state index contributed by atoms with van der Waals surface area (Å²) >= 11 is 6.52. The highest BCUT2D eigenvalue weighted by molar-refractivity contribution is 6.33. The summed E-state index contributed by atoms with van der Waals surface area (Å²) in [6.07, 6.45) is 7.20. The number of aromatic amines is 1. The number of ketones is 1. The Balaban J connectivity index is 1.38. The fraction of sp³-hybridized carbons (Fsp3) is 0.259. The van der Waals surface area contributed by atoms with Gasteiger partial charge in [0.05, 0.1) is 12.1 Å². The summed E-state index contributed by atoms with van der Waals surface area (Å²) in [5.74, 6) is 1.24. The highest BCUT2D eigenvalue weighted by Crippen LogP contribution is 2.33. The molecule has 5 rings (SSSR count). The van der Waals surface area contributed by atoms with Crippen LogP contribution in [0.3, 0.4) is 0 Å². The van der Waals surface area contributed by atoms with Crippen LogP contribution in [0.15, 0.2) is 55.0 Å². The summed E-state index contributed by atoms with van der Waals surface area (Å²) in [4.78, 5) is 36.1. The lowest BCUT2D eigenvalue weighted by Crippen LogP contribution is -2.39. The summed E-state index contributed by atoms with van der Waals surface area (Å²) in [5.41, 5.74) is 3.19. The van der Waals surface area contributed by atoms with Crippen LogP contribution < -0.4 is 15.4 Å². The van der Waals surface area contributed by atoms with Crippen molar-refractivity contribution in [3.05, 3.63) is 71.1 Å². The fourth-order valence-corrected chi connectivity index (χ4v) is 4.95. The molecule has 10 heteroatoms. The molecule has 1 aliphatic rings. The lowest BCUT2D eigenvalue weighted by molar-refractivity contribution is 0.104. The van der Waals surface area contributed by atoms with Crippen molar-refractivity contribution in [3.63, 3.8) is 0 Å². The zero-order chi connectivity index (χ0) is 25.9. The minimum atomic E-state index is -0.984. The lowest BCUT2D eigenvalue weighted by Gasteiger charge is -2.29. The van der Waals surface area contributed by atoms with E-state index >= 15 is 0 Å². The Morgan fingerprint density at radius 3 is 2.49 bits per heavy atom. The number of carbonyl (C=O) groups excluding carboxylic acids is 1. The van der Waals surface area contributed by atoms with E-state index < -0.39 is 6.09 Å². The van der Waals surface area contributed by atoms with E-state index in [4.69, 9.17) is 21.4 Å². The van der Waals surface area contributed by atoms with Crippen molar-refractivity contribution >= 4 is 40.3 Å². The molecular formula is C27H26ClN5O4. The SMILES string of the molecule is COc1ccc(C(=O)c2c[nH]c3ncc(-c4cc(N[C@H]5CC[C@H](NC(=O)O)CC5)ncc4Cl)cc23)cc1. The first-order valence-electron chi connectivity index (χ1n) is 12.0. The van der Waals surface area contributed by atoms with Crippen LogP contribution in [0.2, 0.25) is 5.02 Å². The molecule has 0 aliphatic heterocycles. The molecule has 190 valence electrons. The first-order valence-corrected chi connectivity index (χ1v) is 12.4. The zero-order valence-corrected chi connectivity index (χ0v) is 20.9. The molecule has 1 amide bonds. The molecule has 4 aromatic rings. The molecule has 0 spiro atoms. The minimum absolute atomic E-state index is 0.0155. The maximum atomic E-state index is 13.2. The summed E-state index contributed by atoms with van der Waals surface area (Å²) in [5, 5.41) is 16.1. The number of anilines is 1. The highest BCUT2D eigenvalue weighted by atomic mass is 35.5. The van der Waals surface area contributed by atoms with E-state index in [1.54, 1.807) is 50.0 Å². The van der Waals surface area contributed by atoms with Crippen LogP contribution >= 0.6 is 11.6 Å². The number of nitrogens with zero attached hydrogens (tertiary/aromatic N) is 2. The van der Waals surface area contributed by atoms with Crippen LogP contribution in [0.4, 0.5) is 10.6 Å². The molecule has 0 radical (unpaired) electrons. The summed E-state index contributed by atoms with van der Waals surface area (Å²) in [6, 6.07) is 10.9. The number of amides is 1. The normalized spacial score (nSPS) is 17.4. The Labute approximate surface area is 218 Å². The summed E-state index contributed by atoms with van der Waals surface area (Å²) in [7, 11) is 1.58. The molecule has 0 bridgehead atoms. The number of carbonyl (C=O) groups is 2. The Hall–Kier alpha value is -4.11. The van der Waals surface area contributed by atoms with Crippen molar-refractivity contribution in [2.24, 2.45) is 0 Å². The third-order valence-corrected chi connectivity index (χ3v) is 7.00. The number of hydrogen-bond acceptors (Lipinski definition) is 6. The summed E-state index contributed by atoms with van der Waals surface area (Å²) < 4.78 is 5.19. The molecule has 9 nitrogen and oxygen atoms in total. The second kappa shape index (κ2) is 10.5. The van der Waals surface area contributed by atoms with Crippen LogP contribution in [0, 0.1) is 0 Å². The van der Waals surface area contributed by atoms with Crippen molar-refractivity contribution in [3.8, 4) is 16.9 Å². The van der Waals surface area contributed by atoms with Crippen molar-refractivity contribution in [1.82, 2.24) is 20.3 Å². The number of aromatic nitrogens is 3. The smallest absolute Gasteiger partial charge is 0.404 e. The van der Waals surface area contributed by atoms with Crippen LogP contribution in [-0.4, -0.2) is 51.1 Å². The van der Waals surface area contributed by atoms with Gasteiger partial charge in [-0.2, -0.15) is 0 Å². The first kappa shape index (κ1) is 24.6. The Morgan fingerprint density at radius 2 is 1.78 bits per heavy atom. The number of carboxylic acid groups (broad SMARTS) is 1. The molecule has 4 N–H and O–H groups in total. The van der Waals surface area contributed by atoms with Gasteiger partial charge >= 0.3 is 6.09 Å².